The highest BCUT2D eigenvalue weighted by atomic mass is 32.1. The normalized spacial score (nSPS) is 19.5. The molecule has 0 amide bonds. The molecule has 2 unspecified atom stereocenters. The van der Waals surface area contributed by atoms with Crippen molar-refractivity contribution >= 4 is 22.1 Å². The van der Waals surface area contributed by atoms with Gasteiger partial charge in [-0.3, -0.25) is 10.3 Å². The Kier molecular flexibility index (Phi) is 6.24. The van der Waals surface area contributed by atoms with Crippen LogP contribution in [0.2, 0.25) is 0 Å². The van der Waals surface area contributed by atoms with Crippen molar-refractivity contribution in [1.29, 1.82) is 0 Å². The number of methoxy groups -OCH3 is 1. The molecule has 4 rings (SSSR count). The van der Waals surface area contributed by atoms with E-state index >= 15 is 0 Å². The second-order valence-corrected chi connectivity index (χ2v) is 8.31. The molecule has 0 radical (unpaired) electrons. The van der Waals surface area contributed by atoms with Gasteiger partial charge < -0.3 is 9.84 Å². The lowest BCUT2D eigenvalue weighted by Gasteiger charge is -2.27. The van der Waals surface area contributed by atoms with Gasteiger partial charge in [0.1, 0.15) is 5.75 Å². The Hall–Kier alpha value is -1.96. The van der Waals surface area contributed by atoms with Crippen LogP contribution in [0.4, 0.5) is 0 Å². The van der Waals surface area contributed by atoms with Crippen molar-refractivity contribution in [2.75, 3.05) is 33.4 Å². The Morgan fingerprint density at radius 1 is 1.18 bits per heavy atom. The van der Waals surface area contributed by atoms with Gasteiger partial charge in [-0.1, -0.05) is 24.3 Å². The number of thiophene rings is 1. The summed E-state index contributed by atoms with van der Waals surface area (Å²) in [7, 11) is 1.70. The van der Waals surface area contributed by atoms with Crippen molar-refractivity contribution in [1.82, 2.24) is 15.8 Å². The van der Waals surface area contributed by atoms with Gasteiger partial charge in [-0.05, 0) is 46.0 Å². The number of fused-ring (bicyclic) bond motifs is 1. The van der Waals surface area contributed by atoms with Crippen LogP contribution >= 0.6 is 11.3 Å². The second kappa shape index (κ2) is 9.03. The number of nitrogens with zero attached hydrogens (tertiary/aromatic N) is 1. The van der Waals surface area contributed by atoms with Crippen LogP contribution in [0.15, 0.2) is 53.9 Å². The molecule has 0 aliphatic carbocycles. The quantitative estimate of drug-likeness (QED) is 0.545. The van der Waals surface area contributed by atoms with E-state index in [9.17, 15) is 5.11 Å². The zero-order valence-corrected chi connectivity index (χ0v) is 16.9. The molecule has 0 saturated carbocycles. The lowest BCUT2D eigenvalue weighted by molar-refractivity contribution is 0.168. The number of hydrogen-bond acceptors (Lipinski definition) is 6. The summed E-state index contributed by atoms with van der Waals surface area (Å²) in [5, 5.41) is 14.0. The van der Waals surface area contributed by atoms with Crippen LogP contribution in [-0.4, -0.2) is 43.4 Å². The predicted octanol–water partition coefficient (Wildman–Crippen LogP) is 3.17. The Morgan fingerprint density at radius 3 is 2.82 bits per heavy atom. The van der Waals surface area contributed by atoms with E-state index < -0.39 is 0 Å². The number of benzene rings is 2. The molecule has 1 aliphatic rings. The van der Waals surface area contributed by atoms with Crippen molar-refractivity contribution in [3.05, 3.63) is 64.4 Å². The summed E-state index contributed by atoms with van der Waals surface area (Å²) in [5.41, 5.74) is 8.08. The number of nitrogens with one attached hydrogen (secondary N) is 2. The minimum Gasteiger partial charge on any atom is -0.497 e. The fraction of sp³-hybridized carbons (Fsp3) is 0.364. The van der Waals surface area contributed by atoms with E-state index in [4.69, 9.17) is 4.74 Å². The molecular weight excluding hydrogens is 370 g/mol. The first kappa shape index (κ1) is 19.4. The van der Waals surface area contributed by atoms with E-state index in [0.717, 1.165) is 25.4 Å². The minimum atomic E-state index is 0.182. The summed E-state index contributed by atoms with van der Waals surface area (Å²) in [4.78, 5) is 3.69. The summed E-state index contributed by atoms with van der Waals surface area (Å²) in [6.07, 6.45) is 0. The molecule has 2 heterocycles. The van der Waals surface area contributed by atoms with Gasteiger partial charge in [-0.15, -0.1) is 11.3 Å². The van der Waals surface area contributed by atoms with Crippen LogP contribution in [0.3, 0.4) is 0 Å². The van der Waals surface area contributed by atoms with Gasteiger partial charge in [-0.25, -0.2) is 5.43 Å². The molecule has 148 valence electrons. The predicted molar refractivity (Wildman–Crippen MR) is 115 cm³/mol. The van der Waals surface area contributed by atoms with Crippen LogP contribution in [0.25, 0.3) is 10.8 Å². The molecule has 28 heavy (non-hydrogen) atoms. The maximum atomic E-state index is 9.50. The Bertz CT molecular complexity index is 900. The van der Waals surface area contributed by atoms with E-state index in [1.807, 2.05) is 6.07 Å². The van der Waals surface area contributed by atoms with Crippen molar-refractivity contribution < 1.29 is 9.84 Å². The molecule has 1 aliphatic heterocycles. The van der Waals surface area contributed by atoms with E-state index in [2.05, 4.69) is 63.6 Å². The lowest BCUT2D eigenvalue weighted by atomic mass is 9.92. The van der Waals surface area contributed by atoms with E-state index in [-0.39, 0.29) is 12.6 Å². The van der Waals surface area contributed by atoms with Gasteiger partial charge in [0.25, 0.3) is 0 Å². The number of rotatable bonds is 8. The highest BCUT2D eigenvalue weighted by molar-refractivity contribution is 7.09. The Morgan fingerprint density at radius 2 is 2.04 bits per heavy atom. The number of ether oxygens (including phenoxy) is 1. The zero-order valence-electron chi connectivity index (χ0n) is 16.1. The van der Waals surface area contributed by atoms with Gasteiger partial charge in [0.2, 0.25) is 0 Å². The summed E-state index contributed by atoms with van der Waals surface area (Å²) >= 11 is 1.77. The fourth-order valence-electron chi connectivity index (χ4n) is 3.95. The van der Waals surface area contributed by atoms with E-state index in [1.165, 1.54) is 21.2 Å². The third-order valence-corrected chi connectivity index (χ3v) is 6.25. The monoisotopic (exact) mass is 397 g/mol. The van der Waals surface area contributed by atoms with Crippen LogP contribution in [0.1, 0.15) is 16.5 Å². The average molecular weight is 398 g/mol. The molecule has 1 fully saturated rings. The van der Waals surface area contributed by atoms with Gasteiger partial charge in [-0.2, -0.15) is 0 Å². The molecular formula is C22H27N3O2S. The van der Waals surface area contributed by atoms with Gasteiger partial charge >= 0.3 is 0 Å². The van der Waals surface area contributed by atoms with Gasteiger partial charge in [0.15, 0.2) is 0 Å². The number of aliphatic hydroxyl groups is 1. The van der Waals surface area contributed by atoms with E-state index in [1.54, 1.807) is 18.4 Å². The number of aliphatic hydroxyl groups excluding tert-OH is 1. The summed E-state index contributed by atoms with van der Waals surface area (Å²) in [6, 6.07) is 17.3. The highest BCUT2D eigenvalue weighted by Gasteiger charge is 2.30. The molecule has 1 aromatic heterocycles. The molecule has 6 heteroatoms. The maximum Gasteiger partial charge on any atom is 0.119 e. The summed E-state index contributed by atoms with van der Waals surface area (Å²) < 4.78 is 5.33. The second-order valence-electron chi connectivity index (χ2n) is 7.27. The first-order valence-corrected chi connectivity index (χ1v) is 10.6. The summed E-state index contributed by atoms with van der Waals surface area (Å²) in [6.45, 7) is 3.61. The van der Waals surface area contributed by atoms with Crippen molar-refractivity contribution in [2.45, 2.75) is 12.6 Å². The molecule has 0 spiro atoms. The maximum absolute atomic E-state index is 9.50. The SMILES string of the molecule is COc1ccc2cc(C3NNCC3CN(CCO)Cc3cccs3)ccc2c1. The third-order valence-electron chi connectivity index (χ3n) is 5.39. The topological polar surface area (TPSA) is 56.8 Å². The fourth-order valence-corrected chi connectivity index (χ4v) is 4.70. The van der Waals surface area contributed by atoms with Crippen LogP contribution in [-0.2, 0) is 6.54 Å². The molecule has 5 nitrogen and oxygen atoms in total. The zero-order chi connectivity index (χ0) is 19.3. The minimum absolute atomic E-state index is 0.182. The molecule has 2 atom stereocenters. The van der Waals surface area contributed by atoms with Crippen molar-refractivity contribution in [3.63, 3.8) is 0 Å². The van der Waals surface area contributed by atoms with Crippen LogP contribution in [0.5, 0.6) is 5.75 Å². The molecule has 3 N–H and O–H groups in total. The number of hydrogen-bond donors (Lipinski definition) is 3. The van der Waals surface area contributed by atoms with Gasteiger partial charge in [0, 0.05) is 37.0 Å². The average Bonchev–Trinajstić information content (AvgIpc) is 3.39. The smallest absolute Gasteiger partial charge is 0.119 e. The molecule has 0 bridgehead atoms. The van der Waals surface area contributed by atoms with Crippen LogP contribution in [0, 0.1) is 5.92 Å². The lowest BCUT2D eigenvalue weighted by Crippen LogP contribution is -2.34. The van der Waals surface area contributed by atoms with Crippen LogP contribution < -0.4 is 15.6 Å². The first-order chi connectivity index (χ1) is 13.8. The third kappa shape index (κ3) is 4.37. The molecule has 1 saturated heterocycles. The number of hydrazine groups is 1. The van der Waals surface area contributed by atoms with Crippen molar-refractivity contribution in [3.8, 4) is 5.75 Å². The Balaban J connectivity index is 1.51. The Labute approximate surface area is 169 Å². The standard InChI is InChI=1S/C22H27N3O2S/c1-27-20-7-6-16-11-18(5-4-17(16)12-20)22-19(13-23-24-22)14-25(8-9-26)15-21-3-2-10-28-21/h2-7,10-12,19,22-24,26H,8-9,13-15H2,1H3. The molecule has 2 aromatic carbocycles. The summed E-state index contributed by atoms with van der Waals surface area (Å²) in [5.74, 6) is 1.31. The largest absolute Gasteiger partial charge is 0.497 e. The first-order valence-electron chi connectivity index (χ1n) is 9.68. The highest BCUT2D eigenvalue weighted by Crippen LogP contribution is 2.30. The molecule has 3 aromatic rings. The van der Waals surface area contributed by atoms with E-state index in [0.29, 0.717) is 12.5 Å². The van der Waals surface area contributed by atoms with Crippen molar-refractivity contribution in [2.24, 2.45) is 5.92 Å². The van der Waals surface area contributed by atoms with Gasteiger partial charge in [0.05, 0.1) is 19.8 Å².